The molecule has 0 saturated heterocycles. The first-order valence-electron chi connectivity index (χ1n) is 8.01. The molecule has 0 atom stereocenters. The van der Waals surface area contributed by atoms with Crippen LogP contribution in [-0.2, 0) is 11.8 Å². The van der Waals surface area contributed by atoms with Gasteiger partial charge in [0, 0.05) is 22.5 Å². The zero-order chi connectivity index (χ0) is 15.9. The summed E-state index contributed by atoms with van der Waals surface area (Å²) in [5.74, 6) is 1.15. The maximum absolute atomic E-state index is 6.31. The molecule has 1 aromatic heterocycles. The van der Waals surface area contributed by atoms with Crippen LogP contribution in [-0.4, -0.2) is 16.3 Å². The quantitative estimate of drug-likeness (QED) is 0.812. The van der Waals surface area contributed by atoms with Crippen molar-refractivity contribution < 1.29 is 0 Å². The van der Waals surface area contributed by atoms with Crippen LogP contribution in [0.3, 0.4) is 0 Å². The molecule has 0 saturated carbocycles. The molecule has 0 fully saturated rings. The minimum atomic E-state index is 0.0355. The van der Waals surface area contributed by atoms with Crippen LogP contribution in [0.2, 0.25) is 5.02 Å². The lowest BCUT2D eigenvalue weighted by Crippen LogP contribution is -2.15. The van der Waals surface area contributed by atoms with E-state index in [1.54, 1.807) is 0 Å². The molecular formula is C18H24ClN3. The van der Waals surface area contributed by atoms with Crippen molar-refractivity contribution >= 4 is 17.4 Å². The second-order valence-corrected chi connectivity index (χ2v) is 7.51. The van der Waals surface area contributed by atoms with Gasteiger partial charge in [0.2, 0.25) is 0 Å². The Bertz CT molecular complexity index is 695. The fourth-order valence-electron chi connectivity index (χ4n) is 3.10. The Morgan fingerprint density at radius 1 is 1.23 bits per heavy atom. The lowest BCUT2D eigenvalue weighted by molar-refractivity contribution is 0.552. The third-order valence-corrected chi connectivity index (χ3v) is 4.72. The third kappa shape index (κ3) is 2.63. The highest BCUT2D eigenvalue weighted by Crippen LogP contribution is 2.35. The van der Waals surface area contributed by atoms with E-state index in [4.69, 9.17) is 16.7 Å². The SMILES string of the molecule is Cc1c(Cl)cccc1-n1nc(C(C)(C)C)c2c1NCCCC2. The zero-order valence-corrected chi connectivity index (χ0v) is 14.6. The molecule has 0 bridgehead atoms. The van der Waals surface area contributed by atoms with Crippen molar-refractivity contribution in [3.05, 3.63) is 40.0 Å². The minimum absolute atomic E-state index is 0.0355. The van der Waals surface area contributed by atoms with Crippen LogP contribution in [0.1, 0.15) is 50.4 Å². The highest BCUT2D eigenvalue weighted by Gasteiger charge is 2.28. The Hall–Kier alpha value is -1.48. The predicted octanol–water partition coefficient (Wildman–Crippen LogP) is 4.88. The van der Waals surface area contributed by atoms with E-state index >= 15 is 0 Å². The molecule has 22 heavy (non-hydrogen) atoms. The first-order chi connectivity index (χ1) is 10.4. The second-order valence-electron chi connectivity index (χ2n) is 7.11. The van der Waals surface area contributed by atoms with Crippen LogP contribution in [0.15, 0.2) is 18.2 Å². The molecule has 0 aliphatic carbocycles. The number of hydrogen-bond donors (Lipinski definition) is 1. The molecule has 0 amide bonds. The number of halogens is 1. The average molecular weight is 318 g/mol. The number of benzene rings is 1. The third-order valence-electron chi connectivity index (χ3n) is 4.31. The molecule has 0 spiro atoms. The standard InChI is InChI=1S/C18H24ClN3/c1-12-14(19)9-7-10-15(12)22-17-13(8-5-6-11-20-17)16(21-22)18(2,3)4/h7,9-10,20H,5-6,8,11H2,1-4H3. The number of aromatic nitrogens is 2. The van der Waals surface area contributed by atoms with Crippen molar-refractivity contribution in [2.75, 3.05) is 11.9 Å². The molecule has 2 heterocycles. The number of anilines is 1. The van der Waals surface area contributed by atoms with E-state index in [2.05, 4.69) is 43.8 Å². The molecule has 2 aromatic rings. The fourth-order valence-corrected chi connectivity index (χ4v) is 3.27. The summed E-state index contributed by atoms with van der Waals surface area (Å²) in [6.07, 6.45) is 3.50. The number of nitrogens with one attached hydrogen (secondary N) is 1. The van der Waals surface area contributed by atoms with E-state index in [0.717, 1.165) is 35.1 Å². The Morgan fingerprint density at radius 3 is 2.73 bits per heavy atom. The predicted molar refractivity (Wildman–Crippen MR) is 93.4 cm³/mol. The van der Waals surface area contributed by atoms with Gasteiger partial charge in [-0.25, -0.2) is 4.68 Å². The van der Waals surface area contributed by atoms with Crippen molar-refractivity contribution in [3.8, 4) is 5.69 Å². The molecule has 0 radical (unpaired) electrons. The molecule has 1 N–H and O–H groups in total. The molecular weight excluding hydrogens is 294 g/mol. The molecule has 1 aliphatic heterocycles. The Labute approximate surface area is 137 Å². The van der Waals surface area contributed by atoms with Crippen molar-refractivity contribution in [3.63, 3.8) is 0 Å². The number of rotatable bonds is 1. The van der Waals surface area contributed by atoms with Gasteiger partial charge in [-0.05, 0) is 43.9 Å². The van der Waals surface area contributed by atoms with Gasteiger partial charge in [0.15, 0.2) is 0 Å². The van der Waals surface area contributed by atoms with Crippen LogP contribution >= 0.6 is 11.6 Å². The maximum Gasteiger partial charge on any atom is 0.133 e. The molecule has 118 valence electrons. The average Bonchev–Trinajstić information content (AvgIpc) is 2.65. The lowest BCUT2D eigenvalue weighted by Gasteiger charge is -2.17. The topological polar surface area (TPSA) is 29.9 Å². The van der Waals surface area contributed by atoms with Crippen LogP contribution in [0.25, 0.3) is 5.69 Å². The second kappa shape index (κ2) is 5.62. The normalized spacial score (nSPS) is 15.1. The van der Waals surface area contributed by atoms with Crippen LogP contribution in [0.4, 0.5) is 5.82 Å². The molecule has 3 rings (SSSR count). The summed E-state index contributed by atoms with van der Waals surface area (Å²) in [7, 11) is 0. The van der Waals surface area contributed by atoms with Gasteiger partial charge in [0.25, 0.3) is 0 Å². The highest BCUT2D eigenvalue weighted by molar-refractivity contribution is 6.31. The van der Waals surface area contributed by atoms with E-state index < -0.39 is 0 Å². The zero-order valence-electron chi connectivity index (χ0n) is 13.8. The Morgan fingerprint density at radius 2 is 2.00 bits per heavy atom. The molecule has 1 aliphatic rings. The lowest BCUT2D eigenvalue weighted by atomic mass is 9.88. The molecule has 1 aromatic carbocycles. The first kappa shape index (κ1) is 15.4. The van der Waals surface area contributed by atoms with E-state index in [0.29, 0.717) is 0 Å². The largest absolute Gasteiger partial charge is 0.370 e. The minimum Gasteiger partial charge on any atom is -0.370 e. The summed E-state index contributed by atoms with van der Waals surface area (Å²) in [4.78, 5) is 0. The van der Waals surface area contributed by atoms with Crippen molar-refractivity contribution in [2.24, 2.45) is 0 Å². The van der Waals surface area contributed by atoms with Gasteiger partial charge in [-0.2, -0.15) is 5.10 Å². The number of fused-ring (bicyclic) bond motifs is 1. The van der Waals surface area contributed by atoms with Crippen molar-refractivity contribution in [1.29, 1.82) is 0 Å². The summed E-state index contributed by atoms with van der Waals surface area (Å²) in [5, 5.41) is 9.35. The summed E-state index contributed by atoms with van der Waals surface area (Å²) in [5.41, 5.74) is 4.73. The highest BCUT2D eigenvalue weighted by atomic mass is 35.5. The van der Waals surface area contributed by atoms with E-state index in [-0.39, 0.29) is 5.41 Å². The van der Waals surface area contributed by atoms with E-state index in [1.807, 2.05) is 12.1 Å². The number of nitrogens with zero attached hydrogens (tertiary/aromatic N) is 2. The van der Waals surface area contributed by atoms with E-state index in [1.165, 1.54) is 24.1 Å². The van der Waals surface area contributed by atoms with Gasteiger partial charge in [-0.15, -0.1) is 0 Å². The maximum atomic E-state index is 6.31. The summed E-state index contributed by atoms with van der Waals surface area (Å²) in [6, 6.07) is 6.01. The van der Waals surface area contributed by atoms with Crippen LogP contribution in [0.5, 0.6) is 0 Å². The summed E-state index contributed by atoms with van der Waals surface area (Å²) >= 11 is 6.31. The molecule has 4 heteroatoms. The van der Waals surface area contributed by atoms with Gasteiger partial charge >= 0.3 is 0 Å². The van der Waals surface area contributed by atoms with Crippen molar-refractivity contribution in [1.82, 2.24) is 9.78 Å². The Balaban J connectivity index is 2.24. The first-order valence-corrected chi connectivity index (χ1v) is 8.39. The Kier molecular flexibility index (Phi) is 3.94. The van der Waals surface area contributed by atoms with Gasteiger partial charge in [-0.3, -0.25) is 0 Å². The van der Waals surface area contributed by atoms with Gasteiger partial charge < -0.3 is 5.32 Å². The summed E-state index contributed by atoms with van der Waals surface area (Å²) < 4.78 is 2.06. The van der Waals surface area contributed by atoms with Crippen LogP contribution in [0, 0.1) is 6.92 Å². The monoisotopic (exact) mass is 317 g/mol. The van der Waals surface area contributed by atoms with Crippen molar-refractivity contribution in [2.45, 2.75) is 52.4 Å². The summed E-state index contributed by atoms with van der Waals surface area (Å²) in [6.45, 7) is 9.75. The smallest absolute Gasteiger partial charge is 0.133 e. The van der Waals surface area contributed by atoms with E-state index in [9.17, 15) is 0 Å². The molecule has 3 nitrogen and oxygen atoms in total. The van der Waals surface area contributed by atoms with Gasteiger partial charge in [0.1, 0.15) is 5.82 Å². The van der Waals surface area contributed by atoms with Gasteiger partial charge in [0.05, 0.1) is 11.4 Å². The van der Waals surface area contributed by atoms with Gasteiger partial charge in [-0.1, -0.05) is 38.4 Å². The number of hydrogen-bond acceptors (Lipinski definition) is 2. The fraction of sp³-hybridized carbons (Fsp3) is 0.500. The van der Waals surface area contributed by atoms with Crippen LogP contribution < -0.4 is 5.32 Å². The molecule has 0 unspecified atom stereocenters.